The molecule has 10 nitrogen and oxygen atoms in total. The van der Waals surface area contributed by atoms with Gasteiger partial charge in [0.2, 0.25) is 5.91 Å². The molecule has 40 heavy (non-hydrogen) atoms. The number of rotatable bonds is 11. The molecule has 1 saturated heterocycles. The van der Waals surface area contributed by atoms with Gasteiger partial charge in [0.1, 0.15) is 12.3 Å². The van der Waals surface area contributed by atoms with Gasteiger partial charge in [-0.15, -0.1) is 0 Å². The number of methoxy groups -OCH3 is 3. The van der Waals surface area contributed by atoms with Crippen LogP contribution in [0.5, 0.6) is 17.2 Å². The van der Waals surface area contributed by atoms with Gasteiger partial charge in [0, 0.05) is 38.5 Å². The van der Waals surface area contributed by atoms with E-state index in [0.29, 0.717) is 44.2 Å². The highest BCUT2D eigenvalue weighted by molar-refractivity contribution is 6.03. The van der Waals surface area contributed by atoms with Gasteiger partial charge in [0.05, 0.1) is 46.3 Å². The summed E-state index contributed by atoms with van der Waals surface area (Å²) in [4.78, 5) is 31.1. The maximum absolute atomic E-state index is 13.9. The molecule has 1 saturated carbocycles. The van der Waals surface area contributed by atoms with Gasteiger partial charge in [-0.3, -0.25) is 14.5 Å². The van der Waals surface area contributed by atoms with Crippen molar-refractivity contribution < 1.29 is 28.5 Å². The van der Waals surface area contributed by atoms with Gasteiger partial charge >= 0.3 is 0 Å². The van der Waals surface area contributed by atoms with Crippen LogP contribution in [0.15, 0.2) is 47.6 Å². The topological polar surface area (TPSA) is 93.1 Å². The van der Waals surface area contributed by atoms with Crippen LogP contribution >= 0.6 is 0 Å². The van der Waals surface area contributed by atoms with Gasteiger partial charge in [-0.25, -0.2) is 5.01 Å². The van der Waals surface area contributed by atoms with Crippen molar-refractivity contribution >= 4 is 17.5 Å². The molecule has 1 aliphatic carbocycles. The number of hydrogen-bond donors (Lipinski definition) is 0. The summed E-state index contributed by atoms with van der Waals surface area (Å²) in [5, 5.41) is 6.36. The Morgan fingerprint density at radius 1 is 0.975 bits per heavy atom. The number of hydrogen-bond acceptors (Lipinski definition) is 8. The number of nitrogens with zero attached hydrogens (tertiary/aromatic N) is 4. The Bertz CT molecular complexity index is 1220. The van der Waals surface area contributed by atoms with Crippen LogP contribution in [0.1, 0.15) is 36.4 Å². The minimum absolute atomic E-state index is 0.0111. The number of hydrazone groups is 1. The molecule has 2 amide bonds. The minimum atomic E-state index is -0.346. The average molecular weight is 551 g/mol. The van der Waals surface area contributed by atoms with Crippen molar-refractivity contribution in [1.29, 1.82) is 0 Å². The Morgan fingerprint density at radius 2 is 1.70 bits per heavy atom. The van der Waals surface area contributed by atoms with Crippen molar-refractivity contribution in [3.63, 3.8) is 0 Å². The molecule has 214 valence electrons. The third-order valence-corrected chi connectivity index (χ3v) is 7.74. The smallest absolute Gasteiger partial charge is 0.262 e. The predicted octanol–water partition coefficient (Wildman–Crippen LogP) is 2.96. The summed E-state index contributed by atoms with van der Waals surface area (Å²) in [6.07, 6.45) is 2.30. The Morgan fingerprint density at radius 3 is 2.35 bits per heavy atom. The van der Waals surface area contributed by atoms with Gasteiger partial charge < -0.3 is 23.8 Å². The van der Waals surface area contributed by atoms with Crippen LogP contribution in [0.2, 0.25) is 0 Å². The van der Waals surface area contributed by atoms with Crippen molar-refractivity contribution in [2.75, 3.05) is 67.3 Å². The minimum Gasteiger partial charge on any atom is -0.497 e. The van der Waals surface area contributed by atoms with E-state index in [1.165, 1.54) is 0 Å². The Hall–Kier alpha value is -3.63. The van der Waals surface area contributed by atoms with Crippen LogP contribution in [0.3, 0.4) is 0 Å². The van der Waals surface area contributed by atoms with Crippen molar-refractivity contribution in [2.45, 2.75) is 25.3 Å². The zero-order valence-electron chi connectivity index (χ0n) is 23.5. The van der Waals surface area contributed by atoms with E-state index in [9.17, 15) is 9.59 Å². The molecule has 10 heteroatoms. The van der Waals surface area contributed by atoms with Crippen molar-refractivity contribution in [3.8, 4) is 17.2 Å². The lowest BCUT2D eigenvalue weighted by molar-refractivity contribution is -0.142. The molecule has 1 atom stereocenters. The molecule has 2 aromatic rings. The summed E-state index contributed by atoms with van der Waals surface area (Å²) in [6.45, 7) is 4.27. The van der Waals surface area contributed by atoms with Crippen LogP contribution in [0, 0.1) is 5.92 Å². The van der Waals surface area contributed by atoms with Gasteiger partial charge in [-0.2, -0.15) is 5.10 Å². The van der Waals surface area contributed by atoms with Gasteiger partial charge in [-0.1, -0.05) is 6.07 Å². The number of carbonyl (C=O) groups is 2. The second-order valence-electron chi connectivity index (χ2n) is 10.3. The Balaban J connectivity index is 1.39. The number of carbonyl (C=O) groups excluding carboxylic acids is 2. The molecule has 0 N–H and O–H groups in total. The van der Waals surface area contributed by atoms with Crippen molar-refractivity contribution in [1.82, 2.24) is 14.8 Å². The average Bonchev–Trinajstić information content (AvgIpc) is 3.76. The standard InChI is InChI=1S/C30H38N4O6/c1-37-24-9-6-21(7-10-24)25-19-26(23-8-11-27(38-2)28(18-23)39-3)34(31-25)29(35)20-33(30(36)22-4-5-22)13-12-32-14-16-40-17-15-32/h6-11,18,22,26H,4-5,12-17,19-20H2,1-3H3/t26-/m1/s1. The van der Waals surface area contributed by atoms with Crippen LogP contribution in [0.25, 0.3) is 0 Å². The van der Waals surface area contributed by atoms with Crippen molar-refractivity contribution in [3.05, 3.63) is 53.6 Å². The van der Waals surface area contributed by atoms with Crippen LogP contribution in [0.4, 0.5) is 0 Å². The molecule has 0 radical (unpaired) electrons. The fourth-order valence-electron chi connectivity index (χ4n) is 5.20. The molecule has 0 unspecified atom stereocenters. The van der Waals surface area contributed by atoms with Crippen LogP contribution in [-0.4, -0.2) is 99.6 Å². The van der Waals surface area contributed by atoms with E-state index in [2.05, 4.69) is 4.90 Å². The molecule has 0 aromatic heterocycles. The summed E-state index contributed by atoms with van der Waals surface area (Å²) >= 11 is 0. The zero-order chi connectivity index (χ0) is 28.1. The first kappa shape index (κ1) is 27.9. The summed E-state index contributed by atoms with van der Waals surface area (Å²) in [5.41, 5.74) is 2.59. The molecular formula is C30H38N4O6. The molecule has 0 spiro atoms. The van der Waals surface area contributed by atoms with Crippen LogP contribution < -0.4 is 14.2 Å². The molecule has 0 bridgehead atoms. The third-order valence-electron chi connectivity index (χ3n) is 7.74. The highest BCUT2D eigenvalue weighted by atomic mass is 16.5. The summed E-state index contributed by atoms with van der Waals surface area (Å²) < 4.78 is 21.7. The van der Waals surface area contributed by atoms with Crippen LogP contribution in [-0.2, 0) is 14.3 Å². The summed E-state index contributed by atoms with van der Waals surface area (Å²) in [7, 11) is 4.81. The summed E-state index contributed by atoms with van der Waals surface area (Å²) in [5.74, 6) is 1.82. The quantitative estimate of drug-likeness (QED) is 0.425. The molecule has 2 fully saturated rings. The number of ether oxygens (including phenoxy) is 4. The predicted molar refractivity (Wildman–Crippen MR) is 150 cm³/mol. The highest BCUT2D eigenvalue weighted by Gasteiger charge is 2.38. The molecule has 2 aliphatic heterocycles. The Kier molecular flexibility index (Phi) is 8.86. The zero-order valence-corrected chi connectivity index (χ0v) is 23.5. The first-order valence-corrected chi connectivity index (χ1v) is 13.9. The van der Waals surface area contributed by atoms with E-state index in [1.54, 1.807) is 31.2 Å². The lowest BCUT2D eigenvalue weighted by Crippen LogP contribution is -2.47. The summed E-state index contributed by atoms with van der Waals surface area (Å²) in [6, 6.07) is 13.0. The van der Waals surface area contributed by atoms with Gasteiger partial charge in [0.15, 0.2) is 11.5 Å². The SMILES string of the molecule is COc1ccc(C2=NN(C(=O)CN(CCN3CCOCC3)C(=O)C3CC3)[C@@H](c3ccc(OC)c(OC)c3)C2)cc1. The van der Waals surface area contributed by atoms with E-state index in [0.717, 1.165) is 48.5 Å². The van der Waals surface area contributed by atoms with E-state index in [-0.39, 0.29) is 30.3 Å². The first-order chi connectivity index (χ1) is 19.5. The fourth-order valence-corrected chi connectivity index (χ4v) is 5.20. The van der Waals surface area contributed by atoms with E-state index in [4.69, 9.17) is 24.0 Å². The maximum Gasteiger partial charge on any atom is 0.262 e. The molecule has 2 heterocycles. The first-order valence-electron chi connectivity index (χ1n) is 13.9. The van der Waals surface area contributed by atoms with Gasteiger partial charge in [-0.05, 0) is 60.4 Å². The molecular weight excluding hydrogens is 512 g/mol. The van der Waals surface area contributed by atoms with E-state index in [1.807, 2.05) is 42.5 Å². The normalized spacial score (nSPS) is 19.2. The molecule has 3 aliphatic rings. The lowest BCUT2D eigenvalue weighted by atomic mass is 9.98. The number of morpholine rings is 1. The molecule has 2 aromatic carbocycles. The van der Waals surface area contributed by atoms with E-state index >= 15 is 0 Å². The maximum atomic E-state index is 13.9. The van der Waals surface area contributed by atoms with Crippen molar-refractivity contribution in [2.24, 2.45) is 11.0 Å². The number of benzene rings is 2. The largest absolute Gasteiger partial charge is 0.497 e. The lowest BCUT2D eigenvalue weighted by Gasteiger charge is -2.31. The molecule has 5 rings (SSSR count). The second kappa shape index (κ2) is 12.7. The van der Waals surface area contributed by atoms with E-state index < -0.39 is 0 Å². The Labute approximate surface area is 235 Å². The monoisotopic (exact) mass is 550 g/mol. The van der Waals surface area contributed by atoms with Gasteiger partial charge in [0.25, 0.3) is 5.91 Å². The highest BCUT2D eigenvalue weighted by Crippen LogP contribution is 2.38. The second-order valence-corrected chi connectivity index (χ2v) is 10.3. The third kappa shape index (κ3) is 6.39. The number of amides is 2. The fraction of sp³-hybridized carbons (Fsp3) is 0.500.